The van der Waals surface area contributed by atoms with Crippen molar-refractivity contribution in [3.05, 3.63) is 111 Å². The number of hydrogen-bond acceptors (Lipinski definition) is 4. The first-order chi connectivity index (χ1) is 14.8. The van der Waals surface area contributed by atoms with Crippen LogP contribution in [-0.2, 0) is 21.2 Å². The Balaban J connectivity index is 1.85. The zero-order valence-corrected chi connectivity index (χ0v) is 18.3. The molecule has 4 rings (SSSR count). The molecule has 1 amide bonds. The number of aryl methyl sites for hydroxylation is 1. The van der Waals surface area contributed by atoms with Crippen LogP contribution in [0.15, 0.2) is 94.4 Å². The van der Waals surface area contributed by atoms with E-state index >= 15 is 0 Å². The topological polar surface area (TPSA) is 74.7 Å². The van der Waals surface area contributed by atoms with Crippen LogP contribution in [0.4, 0.5) is 0 Å². The standard InChI is InChI=1S/C24H20ClNO4S/c1-16-7-11-18(12-8-16)21-23(31(29,30)20-5-3-2-4-6-20)22(27)24(28)26(21)15-17-9-13-19(25)14-10-17/h2-14,21,27H,15H2,1H3/t21-/m1/s1. The number of nitrogens with zero attached hydrogens (tertiary/aromatic N) is 1. The molecule has 0 fully saturated rings. The molecule has 0 unspecified atom stereocenters. The molecule has 1 aliphatic rings. The predicted molar refractivity (Wildman–Crippen MR) is 119 cm³/mol. The average Bonchev–Trinajstić information content (AvgIpc) is 3.02. The second-order valence-electron chi connectivity index (χ2n) is 7.40. The average molecular weight is 454 g/mol. The molecular weight excluding hydrogens is 434 g/mol. The normalized spacial score (nSPS) is 16.8. The van der Waals surface area contributed by atoms with Gasteiger partial charge in [-0.3, -0.25) is 4.79 Å². The Bertz CT molecular complexity index is 1250. The second kappa shape index (κ2) is 8.21. The molecule has 0 radical (unpaired) electrons. The summed E-state index contributed by atoms with van der Waals surface area (Å²) < 4.78 is 26.9. The Kier molecular flexibility index (Phi) is 5.60. The number of halogens is 1. The van der Waals surface area contributed by atoms with Gasteiger partial charge in [0.15, 0.2) is 5.76 Å². The summed E-state index contributed by atoms with van der Waals surface area (Å²) in [5, 5.41) is 11.3. The summed E-state index contributed by atoms with van der Waals surface area (Å²) in [7, 11) is -4.11. The number of aliphatic hydroxyl groups excluding tert-OH is 1. The maximum Gasteiger partial charge on any atom is 0.290 e. The summed E-state index contributed by atoms with van der Waals surface area (Å²) >= 11 is 5.96. The van der Waals surface area contributed by atoms with Crippen molar-refractivity contribution in [1.82, 2.24) is 4.90 Å². The minimum absolute atomic E-state index is 0.0230. The fraction of sp³-hybridized carbons (Fsp3) is 0.125. The van der Waals surface area contributed by atoms with Crippen LogP contribution in [0.2, 0.25) is 5.02 Å². The Morgan fingerprint density at radius 2 is 1.55 bits per heavy atom. The maximum absolute atomic E-state index is 13.5. The van der Waals surface area contributed by atoms with Crippen molar-refractivity contribution in [2.24, 2.45) is 0 Å². The van der Waals surface area contributed by atoms with E-state index < -0.39 is 27.5 Å². The van der Waals surface area contributed by atoms with Gasteiger partial charge in [0.2, 0.25) is 9.84 Å². The van der Waals surface area contributed by atoms with Crippen LogP contribution in [0.3, 0.4) is 0 Å². The van der Waals surface area contributed by atoms with E-state index in [1.807, 2.05) is 19.1 Å². The molecule has 0 bridgehead atoms. The van der Waals surface area contributed by atoms with Crippen molar-refractivity contribution in [3.63, 3.8) is 0 Å². The van der Waals surface area contributed by atoms with Gasteiger partial charge < -0.3 is 10.0 Å². The first-order valence-corrected chi connectivity index (χ1v) is 11.5. The molecular formula is C24H20ClNO4S. The first-order valence-electron chi connectivity index (χ1n) is 9.64. The highest BCUT2D eigenvalue weighted by molar-refractivity contribution is 7.95. The summed E-state index contributed by atoms with van der Waals surface area (Å²) in [6.07, 6.45) is 0. The van der Waals surface area contributed by atoms with Gasteiger partial charge in [-0.05, 0) is 42.3 Å². The molecule has 1 heterocycles. The molecule has 31 heavy (non-hydrogen) atoms. The maximum atomic E-state index is 13.5. The van der Waals surface area contributed by atoms with E-state index in [1.165, 1.54) is 17.0 Å². The summed E-state index contributed by atoms with van der Waals surface area (Å²) in [6, 6.07) is 21.1. The highest BCUT2D eigenvalue weighted by Gasteiger charge is 2.46. The number of amides is 1. The van der Waals surface area contributed by atoms with Crippen molar-refractivity contribution in [3.8, 4) is 0 Å². The molecule has 3 aromatic rings. The molecule has 0 saturated heterocycles. The van der Waals surface area contributed by atoms with Gasteiger partial charge in [0.1, 0.15) is 4.91 Å². The van der Waals surface area contributed by atoms with Crippen molar-refractivity contribution >= 4 is 27.3 Å². The molecule has 1 N–H and O–H groups in total. The highest BCUT2D eigenvalue weighted by Crippen LogP contribution is 2.43. The van der Waals surface area contributed by atoms with Gasteiger partial charge in [0.05, 0.1) is 10.9 Å². The van der Waals surface area contributed by atoms with Gasteiger partial charge in [-0.15, -0.1) is 0 Å². The Morgan fingerprint density at radius 3 is 2.16 bits per heavy atom. The zero-order valence-electron chi connectivity index (χ0n) is 16.7. The van der Waals surface area contributed by atoms with Gasteiger partial charge in [0, 0.05) is 11.6 Å². The van der Waals surface area contributed by atoms with E-state index in [-0.39, 0.29) is 16.3 Å². The zero-order chi connectivity index (χ0) is 22.2. The van der Waals surface area contributed by atoms with Crippen molar-refractivity contribution in [2.45, 2.75) is 24.4 Å². The van der Waals surface area contributed by atoms with E-state index in [9.17, 15) is 18.3 Å². The molecule has 0 spiro atoms. The van der Waals surface area contributed by atoms with Crippen LogP contribution in [0.1, 0.15) is 22.7 Å². The summed E-state index contributed by atoms with van der Waals surface area (Å²) in [5.41, 5.74) is 2.37. The number of hydrogen-bond donors (Lipinski definition) is 1. The number of carbonyl (C=O) groups excluding carboxylic acids is 1. The molecule has 1 atom stereocenters. The summed E-state index contributed by atoms with van der Waals surface area (Å²) in [4.78, 5) is 14.1. The van der Waals surface area contributed by atoms with Crippen LogP contribution in [0.5, 0.6) is 0 Å². The Hall–Kier alpha value is -3.09. The molecule has 3 aromatic carbocycles. The van der Waals surface area contributed by atoms with Crippen LogP contribution in [-0.4, -0.2) is 24.3 Å². The molecule has 7 heteroatoms. The van der Waals surface area contributed by atoms with E-state index in [1.54, 1.807) is 54.6 Å². The van der Waals surface area contributed by atoms with Gasteiger partial charge in [-0.1, -0.05) is 71.8 Å². The van der Waals surface area contributed by atoms with Crippen molar-refractivity contribution in [2.75, 3.05) is 0 Å². The smallest absolute Gasteiger partial charge is 0.290 e. The fourth-order valence-electron chi connectivity index (χ4n) is 3.66. The van der Waals surface area contributed by atoms with Gasteiger partial charge >= 0.3 is 0 Å². The highest BCUT2D eigenvalue weighted by atomic mass is 35.5. The molecule has 1 aliphatic heterocycles. The van der Waals surface area contributed by atoms with Gasteiger partial charge in [0.25, 0.3) is 5.91 Å². The van der Waals surface area contributed by atoms with Crippen molar-refractivity contribution in [1.29, 1.82) is 0 Å². The lowest BCUT2D eigenvalue weighted by Crippen LogP contribution is -2.30. The summed E-state index contributed by atoms with van der Waals surface area (Å²) in [6.45, 7) is 2.04. The lowest BCUT2D eigenvalue weighted by Gasteiger charge is -2.27. The van der Waals surface area contributed by atoms with Gasteiger partial charge in [-0.2, -0.15) is 0 Å². The second-order valence-corrected chi connectivity index (χ2v) is 9.76. The fourth-order valence-corrected chi connectivity index (χ4v) is 5.45. The number of sulfone groups is 1. The third-order valence-electron chi connectivity index (χ3n) is 5.26. The first kappa shape index (κ1) is 21.2. The number of rotatable bonds is 5. The Labute approximate surface area is 186 Å². The van der Waals surface area contributed by atoms with E-state index in [2.05, 4.69) is 0 Å². The third-order valence-corrected chi connectivity index (χ3v) is 7.40. The minimum Gasteiger partial charge on any atom is -0.502 e. The monoisotopic (exact) mass is 453 g/mol. The SMILES string of the molecule is Cc1ccc([C@@H]2C(S(=O)(=O)c3ccccc3)=C(O)C(=O)N2Cc2ccc(Cl)cc2)cc1. The van der Waals surface area contributed by atoms with E-state index in [0.717, 1.165) is 11.1 Å². The van der Waals surface area contributed by atoms with Crippen LogP contribution >= 0.6 is 11.6 Å². The number of carbonyl (C=O) groups is 1. The van der Waals surface area contributed by atoms with Crippen LogP contribution in [0, 0.1) is 6.92 Å². The molecule has 0 aliphatic carbocycles. The number of aliphatic hydroxyl groups is 1. The summed E-state index contributed by atoms with van der Waals surface area (Å²) in [5.74, 6) is -1.47. The quantitative estimate of drug-likeness (QED) is 0.591. The van der Waals surface area contributed by atoms with Crippen LogP contribution in [0.25, 0.3) is 0 Å². The van der Waals surface area contributed by atoms with Gasteiger partial charge in [-0.25, -0.2) is 8.42 Å². The Morgan fingerprint density at radius 1 is 0.935 bits per heavy atom. The molecule has 5 nitrogen and oxygen atoms in total. The van der Waals surface area contributed by atoms with Crippen LogP contribution < -0.4 is 0 Å². The molecule has 158 valence electrons. The van der Waals surface area contributed by atoms with E-state index in [4.69, 9.17) is 11.6 Å². The molecule has 0 saturated carbocycles. The third kappa shape index (κ3) is 3.96. The minimum atomic E-state index is -4.11. The van der Waals surface area contributed by atoms with Crippen molar-refractivity contribution < 1.29 is 18.3 Å². The lowest BCUT2D eigenvalue weighted by atomic mass is 10.0. The lowest BCUT2D eigenvalue weighted by molar-refractivity contribution is -0.130. The predicted octanol–water partition coefficient (Wildman–Crippen LogP) is 4.98. The number of benzene rings is 3. The largest absolute Gasteiger partial charge is 0.502 e. The molecule has 0 aromatic heterocycles. The van der Waals surface area contributed by atoms with E-state index in [0.29, 0.717) is 10.6 Å².